The van der Waals surface area contributed by atoms with Gasteiger partial charge in [-0.15, -0.1) is 0 Å². The van der Waals surface area contributed by atoms with E-state index in [0.29, 0.717) is 29.0 Å². The average molecular weight is 396 g/mol. The van der Waals surface area contributed by atoms with E-state index in [-0.39, 0.29) is 12.7 Å². The van der Waals surface area contributed by atoms with Gasteiger partial charge in [0.05, 0.1) is 17.2 Å². The largest absolute Gasteiger partial charge is 0.494 e. The molecule has 0 aromatic heterocycles. The van der Waals surface area contributed by atoms with E-state index < -0.39 is 0 Å². The molecule has 2 aliphatic rings. The van der Waals surface area contributed by atoms with Crippen LogP contribution in [0.2, 0.25) is 0 Å². The topological polar surface area (TPSA) is 60.4 Å². The molecule has 0 saturated carbocycles. The molecule has 0 aliphatic carbocycles. The molecular weight excluding hydrogens is 376 g/mol. The normalized spacial score (nSPS) is 18.4. The molecule has 1 fully saturated rings. The van der Waals surface area contributed by atoms with Crippen LogP contribution in [0.4, 0.5) is 5.69 Å². The summed E-state index contributed by atoms with van der Waals surface area (Å²) in [6.45, 7) is 5.29. The van der Waals surface area contributed by atoms with Crippen LogP contribution in [-0.2, 0) is 4.79 Å². The van der Waals surface area contributed by atoms with Gasteiger partial charge in [-0.05, 0) is 73.6 Å². The van der Waals surface area contributed by atoms with Gasteiger partial charge in [0.2, 0.25) is 6.79 Å². The Morgan fingerprint density at radius 2 is 1.93 bits per heavy atom. The highest BCUT2D eigenvalue weighted by atomic mass is 32.2. The van der Waals surface area contributed by atoms with Gasteiger partial charge < -0.3 is 14.2 Å². The van der Waals surface area contributed by atoms with Crippen LogP contribution in [0.3, 0.4) is 0 Å². The third-order valence-corrected chi connectivity index (χ3v) is 5.28. The molecule has 0 spiro atoms. The van der Waals surface area contributed by atoms with Crippen molar-refractivity contribution in [2.24, 2.45) is 4.99 Å². The number of aliphatic imine (C=N–C) groups is 1. The molecule has 144 valence electrons. The van der Waals surface area contributed by atoms with Gasteiger partial charge in [-0.25, -0.2) is 4.99 Å². The highest BCUT2D eigenvalue weighted by Crippen LogP contribution is 2.37. The Morgan fingerprint density at radius 3 is 2.68 bits per heavy atom. The van der Waals surface area contributed by atoms with E-state index in [0.717, 1.165) is 22.7 Å². The van der Waals surface area contributed by atoms with Crippen LogP contribution < -0.4 is 14.2 Å². The second kappa shape index (κ2) is 7.98. The molecule has 0 radical (unpaired) electrons. The van der Waals surface area contributed by atoms with Crippen molar-refractivity contribution < 1.29 is 19.0 Å². The Morgan fingerprint density at radius 1 is 1.14 bits per heavy atom. The number of nitrogens with zero attached hydrogens (tertiary/aromatic N) is 2. The third-order valence-electron chi connectivity index (χ3n) is 4.27. The predicted octanol–water partition coefficient (Wildman–Crippen LogP) is 4.44. The number of amidine groups is 1. The van der Waals surface area contributed by atoms with Crippen molar-refractivity contribution in [1.82, 2.24) is 4.90 Å². The fourth-order valence-corrected chi connectivity index (χ4v) is 3.98. The summed E-state index contributed by atoms with van der Waals surface area (Å²) in [6.07, 6.45) is 1.86. The van der Waals surface area contributed by atoms with Crippen molar-refractivity contribution in [2.75, 3.05) is 19.9 Å². The minimum atomic E-state index is -0.0464. The quantitative estimate of drug-likeness (QED) is 0.700. The first kappa shape index (κ1) is 18.4. The predicted molar refractivity (Wildman–Crippen MR) is 110 cm³/mol. The Kier molecular flexibility index (Phi) is 5.25. The van der Waals surface area contributed by atoms with Gasteiger partial charge in [0, 0.05) is 6.54 Å². The Bertz CT molecular complexity index is 953. The first-order valence-electron chi connectivity index (χ1n) is 9.10. The maximum absolute atomic E-state index is 12.8. The summed E-state index contributed by atoms with van der Waals surface area (Å²) in [5.41, 5.74) is 1.67. The van der Waals surface area contributed by atoms with E-state index in [4.69, 9.17) is 14.2 Å². The molecule has 6 nitrogen and oxygen atoms in total. The van der Waals surface area contributed by atoms with Crippen molar-refractivity contribution in [3.63, 3.8) is 0 Å². The van der Waals surface area contributed by atoms with Crippen LogP contribution in [0.1, 0.15) is 19.4 Å². The van der Waals surface area contributed by atoms with Gasteiger partial charge in [-0.3, -0.25) is 9.69 Å². The number of hydrogen-bond donors (Lipinski definition) is 0. The van der Waals surface area contributed by atoms with Crippen molar-refractivity contribution in [2.45, 2.75) is 13.8 Å². The number of thioether (sulfide) groups is 1. The fraction of sp³-hybridized carbons (Fsp3) is 0.238. The number of carbonyl (C=O) groups is 1. The van der Waals surface area contributed by atoms with E-state index in [9.17, 15) is 4.79 Å². The second-order valence-corrected chi connectivity index (χ2v) is 7.10. The number of carbonyl (C=O) groups excluding carboxylic acids is 1. The lowest BCUT2D eigenvalue weighted by Gasteiger charge is -2.12. The lowest BCUT2D eigenvalue weighted by atomic mass is 10.2. The minimum absolute atomic E-state index is 0.0464. The summed E-state index contributed by atoms with van der Waals surface area (Å²) in [4.78, 5) is 19.8. The van der Waals surface area contributed by atoms with Crippen LogP contribution in [0.15, 0.2) is 52.4 Å². The number of likely N-dealkylation sites (N-methyl/N-ethyl adjacent to an activating group) is 1. The van der Waals surface area contributed by atoms with E-state index >= 15 is 0 Å². The summed E-state index contributed by atoms with van der Waals surface area (Å²) in [7, 11) is 0. The van der Waals surface area contributed by atoms with E-state index in [1.807, 2.05) is 62.4 Å². The maximum atomic E-state index is 12.8. The molecule has 2 aromatic rings. The Labute approximate surface area is 167 Å². The molecule has 7 heteroatoms. The molecule has 1 saturated heterocycles. The molecule has 0 atom stereocenters. The van der Waals surface area contributed by atoms with Crippen LogP contribution in [0, 0.1) is 0 Å². The van der Waals surface area contributed by atoms with E-state index in [1.165, 1.54) is 11.8 Å². The highest BCUT2D eigenvalue weighted by molar-refractivity contribution is 8.18. The van der Waals surface area contributed by atoms with Gasteiger partial charge in [-0.2, -0.15) is 0 Å². The number of hydrogen-bond acceptors (Lipinski definition) is 6. The van der Waals surface area contributed by atoms with E-state index in [1.54, 1.807) is 4.90 Å². The van der Waals surface area contributed by atoms with Crippen molar-refractivity contribution >= 4 is 34.6 Å². The number of ether oxygens (including phenoxy) is 3. The van der Waals surface area contributed by atoms with E-state index in [2.05, 4.69) is 4.99 Å². The molecule has 4 rings (SSSR count). The maximum Gasteiger partial charge on any atom is 0.266 e. The lowest BCUT2D eigenvalue weighted by Crippen LogP contribution is -2.28. The van der Waals surface area contributed by atoms with Crippen LogP contribution in [-0.4, -0.2) is 35.9 Å². The molecule has 2 heterocycles. The van der Waals surface area contributed by atoms with Crippen LogP contribution in [0.25, 0.3) is 6.08 Å². The first-order chi connectivity index (χ1) is 13.7. The van der Waals surface area contributed by atoms with Gasteiger partial charge >= 0.3 is 0 Å². The van der Waals surface area contributed by atoms with Crippen LogP contribution >= 0.6 is 11.8 Å². The minimum Gasteiger partial charge on any atom is -0.494 e. The second-order valence-electron chi connectivity index (χ2n) is 6.09. The number of fused-ring (bicyclic) bond motifs is 1. The average Bonchev–Trinajstić information content (AvgIpc) is 3.28. The standard InChI is InChI=1S/C21H20N2O4S/c1-3-23-20(24)19(12-14-5-10-17-18(11-14)27-13-26-17)28-21(23)22-15-6-8-16(9-7-15)25-4-2/h5-12H,3-4,13H2,1-2H3. The summed E-state index contributed by atoms with van der Waals surface area (Å²) < 4.78 is 16.2. The first-order valence-corrected chi connectivity index (χ1v) is 9.92. The fourth-order valence-electron chi connectivity index (χ4n) is 2.92. The summed E-state index contributed by atoms with van der Waals surface area (Å²) in [5.74, 6) is 2.17. The molecule has 0 bridgehead atoms. The molecular formula is C21H20N2O4S. The van der Waals surface area contributed by atoms with Crippen molar-refractivity contribution in [1.29, 1.82) is 0 Å². The van der Waals surface area contributed by atoms with Gasteiger partial charge in [-0.1, -0.05) is 6.07 Å². The van der Waals surface area contributed by atoms with Gasteiger partial charge in [0.1, 0.15) is 5.75 Å². The monoisotopic (exact) mass is 396 g/mol. The molecule has 28 heavy (non-hydrogen) atoms. The van der Waals surface area contributed by atoms with Gasteiger partial charge in [0.15, 0.2) is 16.7 Å². The summed E-state index contributed by atoms with van der Waals surface area (Å²) in [5, 5.41) is 0.670. The third kappa shape index (κ3) is 3.71. The zero-order valence-corrected chi connectivity index (χ0v) is 16.5. The number of benzene rings is 2. The summed E-state index contributed by atoms with van der Waals surface area (Å²) >= 11 is 1.37. The lowest BCUT2D eigenvalue weighted by molar-refractivity contribution is -0.122. The number of rotatable bonds is 5. The smallest absolute Gasteiger partial charge is 0.266 e. The Hall–Kier alpha value is -2.93. The van der Waals surface area contributed by atoms with Crippen molar-refractivity contribution in [3.8, 4) is 17.2 Å². The van der Waals surface area contributed by atoms with Crippen molar-refractivity contribution in [3.05, 3.63) is 52.9 Å². The Balaban J connectivity index is 1.59. The summed E-state index contributed by atoms with van der Waals surface area (Å²) in [6, 6.07) is 13.2. The molecule has 0 unspecified atom stereocenters. The molecule has 0 N–H and O–H groups in total. The zero-order valence-electron chi connectivity index (χ0n) is 15.7. The SMILES string of the molecule is CCOc1ccc(N=C2SC(=Cc3ccc4c(c3)OCO4)C(=O)N2CC)cc1. The molecule has 1 amide bonds. The highest BCUT2D eigenvalue weighted by Gasteiger charge is 2.32. The number of amides is 1. The molecule has 2 aromatic carbocycles. The zero-order chi connectivity index (χ0) is 19.5. The van der Waals surface area contributed by atoms with Gasteiger partial charge in [0.25, 0.3) is 5.91 Å². The molecule has 2 aliphatic heterocycles. The van der Waals surface area contributed by atoms with Crippen LogP contribution in [0.5, 0.6) is 17.2 Å².